The van der Waals surface area contributed by atoms with Crippen molar-refractivity contribution >= 4 is 5.91 Å². The fourth-order valence-corrected chi connectivity index (χ4v) is 0.239. The first-order valence-corrected chi connectivity index (χ1v) is 2.16. The summed E-state index contributed by atoms with van der Waals surface area (Å²) in [6.07, 6.45) is 0. The summed E-state index contributed by atoms with van der Waals surface area (Å²) in [5.41, 5.74) is 0. The first-order valence-electron chi connectivity index (χ1n) is 2.16. The van der Waals surface area contributed by atoms with Crippen molar-refractivity contribution in [3.05, 3.63) is 0 Å². The largest absolute Gasteiger partial charge is 0.444 e. The zero-order chi connectivity index (χ0) is 5.70. The quantitative estimate of drug-likeness (QED) is 0.442. The van der Waals surface area contributed by atoms with E-state index in [1.165, 1.54) is 6.92 Å². The molecule has 0 radical (unpaired) electrons. The first-order chi connectivity index (χ1) is 3.27. The lowest BCUT2D eigenvalue weighted by atomic mass is 10.6. The molecule has 3 N–H and O–H groups in total. The molecule has 0 aliphatic carbocycles. The van der Waals surface area contributed by atoms with Gasteiger partial charge in [0.2, 0.25) is 5.91 Å². The number of carbonyl (C=O) groups excluding carboxylic acids is 1. The fourth-order valence-electron chi connectivity index (χ4n) is 0.239. The molecule has 0 saturated carbocycles. The molecule has 1 amide bonds. The van der Waals surface area contributed by atoms with Crippen LogP contribution in [0, 0.1) is 0 Å². The van der Waals surface area contributed by atoms with Crippen LogP contribution in [0.5, 0.6) is 0 Å². The second kappa shape index (κ2) is 3.61. The Morgan fingerprint density at radius 3 is 2.57 bits per heavy atom. The van der Waals surface area contributed by atoms with Crippen molar-refractivity contribution in [2.45, 2.75) is 6.92 Å². The van der Waals surface area contributed by atoms with E-state index in [0.717, 1.165) is 0 Å². The van der Waals surface area contributed by atoms with Crippen LogP contribution in [0.2, 0.25) is 0 Å². The molecule has 3 nitrogen and oxygen atoms in total. The standard InChI is InChI=1S/C4H9NO2/c1-4(7)5-2-3-6/h6H,2-3H2,1H3,(H,5,7)/p+1. The van der Waals surface area contributed by atoms with Gasteiger partial charge in [-0.2, -0.15) is 0 Å². The molecule has 0 unspecified atom stereocenters. The first kappa shape index (κ1) is 6.43. The van der Waals surface area contributed by atoms with Gasteiger partial charge in [-0.05, 0) is 0 Å². The van der Waals surface area contributed by atoms with Crippen LogP contribution < -0.4 is 5.32 Å². The fraction of sp³-hybridized carbons (Fsp3) is 0.750. The van der Waals surface area contributed by atoms with Gasteiger partial charge >= 0.3 is 0 Å². The lowest BCUT2D eigenvalue weighted by Crippen LogP contribution is -2.22. The van der Waals surface area contributed by atoms with Crippen LogP contribution in [0.1, 0.15) is 6.92 Å². The number of nitrogens with one attached hydrogen (secondary N) is 1. The summed E-state index contributed by atoms with van der Waals surface area (Å²) in [5.74, 6) is -0.0627. The van der Waals surface area contributed by atoms with Gasteiger partial charge in [0.15, 0.2) is 6.61 Å². The third kappa shape index (κ3) is 5.43. The van der Waals surface area contributed by atoms with Crippen LogP contribution in [-0.4, -0.2) is 24.2 Å². The van der Waals surface area contributed by atoms with Crippen LogP contribution in [0.4, 0.5) is 0 Å². The molecule has 0 spiro atoms. The van der Waals surface area contributed by atoms with E-state index in [-0.39, 0.29) is 12.5 Å². The minimum absolute atomic E-state index is 0.0627. The molecule has 0 heterocycles. The molecule has 0 bridgehead atoms. The van der Waals surface area contributed by atoms with E-state index in [1.54, 1.807) is 0 Å². The Hall–Kier alpha value is -0.570. The number of amides is 1. The van der Waals surface area contributed by atoms with Crippen LogP contribution in [-0.2, 0) is 4.79 Å². The highest BCUT2D eigenvalue weighted by Gasteiger charge is 1.85. The molecular weight excluding hydrogens is 94.0 g/mol. The molecule has 7 heavy (non-hydrogen) atoms. The smallest absolute Gasteiger partial charge is 0.217 e. The number of rotatable bonds is 2. The van der Waals surface area contributed by atoms with Crippen molar-refractivity contribution < 1.29 is 9.90 Å². The predicted molar refractivity (Wildman–Crippen MR) is 27.2 cm³/mol. The normalized spacial score (nSPS) is 8.29. The van der Waals surface area contributed by atoms with Gasteiger partial charge in [0.1, 0.15) is 0 Å². The summed E-state index contributed by atoms with van der Waals surface area (Å²) in [5, 5.41) is 9.05. The van der Waals surface area contributed by atoms with E-state index in [2.05, 4.69) is 5.32 Å². The van der Waals surface area contributed by atoms with E-state index in [4.69, 9.17) is 5.11 Å². The van der Waals surface area contributed by atoms with Gasteiger partial charge in [0.05, 0.1) is 6.54 Å². The lowest BCUT2D eigenvalue weighted by molar-refractivity contribution is -0.119. The van der Waals surface area contributed by atoms with Gasteiger partial charge in [-0.25, -0.2) is 0 Å². The van der Waals surface area contributed by atoms with Gasteiger partial charge < -0.3 is 10.4 Å². The Bertz CT molecular complexity index is 62.7. The summed E-state index contributed by atoms with van der Waals surface area (Å²) in [7, 11) is 0. The van der Waals surface area contributed by atoms with Crippen molar-refractivity contribution in [1.29, 1.82) is 0 Å². The number of hydrogen-bond acceptors (Lipinski definition) is 1. The molecule has 42 valence electrons. The molecule has 0 saturated heterocycles. The minimum Gasteiger partial charge on any atom is -0.444 e. The molecule has 0 aliphatic rings. The van der Waals surface area contributed by atoms with Crippen molar-refractivity contribution in [2.24, 2.45) is 0 Å². The summed E-state index contributed by atoms with van der Waals surface area (Å²) >= 11 is 0. The Morgan fingerprint density at radius 2 is 2.43 bits per heavy atom. The maximum Gasteiger partial charge on any atom is 0.217 e. The Kier molecular flexibility index (Phi) is 3.32. The van der Waals surface area contributed by atoms with Gasteiger partial charge in [0, 0.05) is 6.92 Å². The molecule has 0 aromatic carbocycles. The van der Waals surface area contributed by atoms with Crippen molar-refractivity contribution in [3.63, 3.8) is 0 Å². The molecule has 0 aromatic heterocycles. The van der Waals surface area contributed by atoms with Crippen molar-refractivity contribution in [2.75, 3.05) is 13.2 Å². The zero-order valence-corrected chi connectivity index (χ0v) is 4.32. The van der Waals surface area contributed by atoms with Crippen LogP contribution in [0.3, 0.4) is 0 Å². The summed E-state index contributed by atoms with van der Waals surface area (Å²) in [6.45, 7) is 2.17. The third-order valence-corrected chi connectivity index (χ3v) is 0.499. The maximum atomic E-state index is 10.0. The van der Waals surface area contributed by atoms with Crippen LogP contribution in [0.15, 0.2) is 0 Å². The average molecular weight is 104 g/mol. The Balaban J connectivity index is 2.82. The van der Waals surface area contributed by atoms with Gasteiger partial charge in [-0.3, -0.25) is 4.79 Å². The average Bonchev–Trinajstić information content (AvgIpc) is 1.61. The van der Waals surface area contributed by atoms with Gasteiger partial charge in [-0.15, -0.1) is 0 Å². The van der Waals surface area contributed by atoms with E-state index in [1.807, 2.05) is 0 Å². The van der Waals surface area contributed by atoms with E-state index in [0.29, 0.717) is 6.54 Å². The van der Waals surface area contributed by atoms with Gasteiger partial charge in [-0.1, -0.05) is 0 Å². The van der Waals surface area contributed by atoms with Gasteiger partial charge in [0.25, 0.3) is 0 Å². The maximum absolute atomic E-state index is 10.0. The number of hydrogen-bond donors (Lipinski definition) is 1. The number of carbonyl (C=O) groups is 1. The molecule has 0 rings (SSSR count). The summed E-state index contributed by atoms with van der Waals surface area (Å²) in [4.78, 5) is 10.0. The predicted octanol–water partition coefficient (Wildman–Crippen LogP) is -1.15. The highest BCUT2D eigenvalue weighted by Crippen LogP contribution is 1.56. The molecule has 0 aliphatic heterocycles. The van der Waals surface area contributed by atoms with Crippen molar-refractivity contribution in [3.8, 4) is 0 Å². The zero-order valence-electron chi connectivity index (χ0n) is 4.32. The minimum atomic E-state index is -0.0627. The molecular formula is C4H10NO2+. The SMILES string of the molecule is CC(=O)NCC[OH2+]. The van der Waals surface area contributed by atoms with E-state index >= 15 is 0 Å². The third-order valence-electron chi connectivity index (χ3n) is 0.499. The van der Waals surface area contributed by atoms with Crippen LogP contribution >= 0.6 is 0 Å². The topological polar surface area (TPSA) is 52.0 Å². The monoisotopic (exact) mass is 104 g/mol. The lowest BCUT2D eigenvalue weighted by Gasteiger charge is -1.91. The highest BCUT2D eigenvalue weighted by atomic mass is 16.3. The second-order valence-corrected chi connectivity index (χ2v) is 1.23. The van der Waals surface area contributed by atoms with Crippen LogP contribution in [0.25, 0.3) is 0 Å². The van der Waals surface area contributed by atoms with Crippen molar-refractivity contribution in [1.82, 2.24) is 5.32 Å². The molecule has 0 atom stereocenters. The second-order valence-electron chi connectivity index (χ2n) is 1.23. The van der Waals surface area contributed by atoms with E-state index < -0.39 is 0 Å². The molecule has 0 fully saturated rings. The Morgan fingerprint density at radius 1 is 1.86 bits per heavy atom. The summed E-state index contributed by atoms with van der Waals surface area (Å²) < 4.78 is 0. The highest BCUT2D eigenvalue weighted by molar-refractivity contribution is 5.72. The van der Waals surface area contributed by atoms with E-state index in [9.17, 15) is 4.79 Å². The molecule has 0 aromatic rings. The Labute approximate surface area is 42.3 Å². The summed E-state index contributed by atoms with van der Waals surface area (Å²) in [6, 6.07) is 0. The molecule has 3 heteroatoms.